The molecule has 0 amide bonds. The largest absolute Gasteiger partial charge is 0.312 e. The quantitative estimate of drug-likeness (QED) is 0.460. The highest BCUT2D eigenvalue weighted by Gasteiger charge is 2.23. The molecule has 2 nitrogen and oxygen atoms in total. The summed E-state index contributed by atoms with van der Waals surface area (Å²) in [7, 11) is -0.990. The first kappa shape index (κ1) is 21.4. The Morgan fingerprint density at radius 1 is 0.968 bits per heavy atom. The molecule has 3 aromatic carbocycles. The third-order valence-electron chi connectivity index (χ3n) is 5.70. The van der Waals surface area contributed by atoms with Crippen LogP contribution in [0.4, 0.5) is 4.39 Å². The number of nitrogens with one attached hydrogen (secondary N) is 1. The molecule has 1 atom stereocenters. The lowest BCUT2D eigenvalue weighted by atomic mass is 10.0. The van der Waals surface area contributed by atoms with E-state index in [0.717, 1.165) is 46.7 Å². The molecule has 0 aromatic heterocycles. The second kappa shape index (κ2) is 9.54. The monoisotopic (exact) mass is 431 g/mol. The Labute approximate surface area is 186 Å². The third kappa shape index (κ3) is 4.92. The summed E-state index contributed by atoms with van der Waals surface area (Å²) < 4.78 is 25.7. The summed E-state index contributed by atoms with van der Waals surface area (Å²) in [5.74, 6) is -0.211. The lowest BCUT2D eigenvalue weighted by Crippen LogP contribution is -2.15. The average molecular weight is 432 g/mol. The first-order chi connectivity index (χ1) is 15.0. The van der Waals surface area contributed by atoms with Gasteiger partial charge in [0.1, 0.15) is 5.82 Å². The number of halogens is 1. The molecule has 1 aliphatic rings. The Morgan fingerprint density at radius 3 is 2.42 bits per heavy atom. The van der Waals surface area contributed by atoms with E-state index in [1.54, 1.807) is 12.3 Å². The number of allylic oxidation sites excluding steroid dienone is 2. The molecule has 4 heteroatoms. The fourth-order valence-corrected chi connectivity index (χ4v) is 4.56. The normalized spacial score (nSPS) is 15.4. The number of hydrogen-bond donors (Lipinski definition) is 1. The van der Waals surface area contributed by atoms with Crippen LogP contribution < -0.4 is 5.32 Å². The van der Waals surface area contributed by atoms with Crippen molar-refractivity contribution >= 4 is 28.0 Å². The predicted molar refractivity (Wildman–Crippen MR) is 128 cm³/mol. The summed E-state index contributed by atoms with van der Waals surface area (Å²) in [5, 5.41) is 3.50. The molecule has 0 aliphatic heterocycles. The molecule has 0 fully saturated rings. The molecule has 3 aromatic rings. The summed E-state index contributed by atoms with van der Waals surface area (Å²) in [6.07, 6.45) is 4.65. The minimum atomic E-state index is -0.990. The Hall–Kier alpha value is -2.82. The molecule has 0 bridgehead atoms. The smallest absolute Gasteiger partial charge is 0.123 e. The average Bonchev–Trinajstić information content (AvgIpc) is 3.02. The van der Waals surface area contributed by atoms with Crippen molar-refractivity contribution in [2.24, 2.45) is 0 Å². The highest BCUT2D eigenvalue weighted by Crippen LogP contribution is 2.43. The molecule has 0 saturated carbocycles. The van der Waals surface area contributed by atoms with Crippen molar-refractivity contribution in [3.05, 3.63) is 106 Å². The van der Waals surface area contributed by atoms with E-state index in [2.05, 4.69) is 30.4 Å². The van der Waals surface area contributed by atoms with Gasteiger partial charge in [-0.15, -0.1) is 0 Å². The number of benzene rings is 3. The standard InChI is InChI=1S/C27H26FNOS/c1-19-24(14-15-29-18-21-6-4-3-5-7-21)27-17-22(28)10-13-25(27)26(19)16-20-8-11-23(12-9-20)31(2)30/h3-13,16-17,29H,14-15,18H2,1-2H3. The van der Waals surface area contributed by atoms with Gasteiger partial charge in [0, 0.05) is 28.5 Å². The number of hydrogen-bond acceptors (Lipinski definition) is 2. The lowest BCUT2D eigenvalue weighted by molar-refractivity contribution is 0.627. The fraction of sp³-hybridized carbons (Fsp3) is 0.185. The SMILES string of the molecule is CC1=C(CCNCc2ccccc2)c2cc(F)ccc2C1=Cc1ccc(S(C)=O)cc1. The first-order valence-corrected chi connectivity index (χ1v) is 12.0. The van der Waals surface area contributed by atoms with Crippen LogP contribution in [0.1, 0.15) is 35.6 Å². The van der Waals surface area contributed by atoms with Crippen molar-refractivity contribution in [3.63, 3.8) is 0 Å². The van der Waals surface area contributed by atoms with Crippen molar-refractivity contribution in [2.45, 2.75) is 24.8 Å². The van der Waals surface area contributed by atoms with Crippen molar-refractivity contribution in [2.75, 3.05) is 12.8 Å². The van der Waals surface area contributed by atoms with E-state index in [1.807, 2.05) is 48.5 Å². The van der Waals surface area contributed by atoms with E-state index in [-0.39, 0.29) is 5.82 Å². The minimum Gasteiger partial charge on any atom is -0.312 e. The Kier molecular flexibility index (Phi) is 6.59. The highest BCUT2D eigenvalue weighted by atomic mass is 32.2. The van der Waals surface area contributed by atoms with Crippen LogP contribution in [0.5, 0.6) is 0 Å². The molecule has 1 N–H and O–H groups in total. The maximum atomic E-state index is 14.1. The summed E-state index contributed by atoms with van der Waals surface area (Å²) in [6.45, 7) is 3.75. The van der Waals surface area contributed by atoms with Crippen LogP contribution in [0.3, 0.4) is 0 Å². The van der Waals surface area contributed by atoms with Crippen LogP contribution in [0, 0.1) is 5.82 Å². The molecule has 1 aliphatic carbocycles. The van der Waals surface area contributed by atoms with Crippen LogP contribution in [0.2, 0.25) is 0 Å². The zero-order valence-electron chi connectivity index (χ0n) is 17.8. The van der Waals surface area contributed by atoms with Gasteiger partial charge in [0.2, 0.25) is 0 Å². The van der Waals surface area contributed by atoms with Gasteiger partial charge in [-0.1, -0.05) is 48.5 Å². The van der Waals surface area contributed by atoms with Crippen LogP contribution in [0.15, 0.2) is 83.3 Å². The maximum Gasteiger partial charge on any atom is 0.123 e. The maximum absolute atomic E-state index is 14.1. The molecule has 0 heterocycles. The van der Waals surface area contributed by atoms with Crippen molar-refractivity contribution in [1.82, 2.24) is 5.32 Å². The van der Waals surface area contributed by atoms with E-state index in [4.69, 9.17) is 0 Å². The van der Waals surface area contributed by atoms with Crippen LogP contribution >= 0.6 is 0 Å². The van der Waals surface area contributed by atoms with Gasteiger partial charge in [0.15, 0.2) is 0 Å². The van der Waals surface area contributed by atoms with E-state index in [9.17, 15) is 8.60 Å². The van der Waals surface area contributed by atoms with Gasteiger partial charge >= 0.3 is 0 Å². The second-order valence-electron chi connectivity index (χ2n) is 7.79. The zero-order chi connectivity index (χ0) is 21.8. The molecule has 1 unspecified atom stereocenters. The molecular formula is C27H26FNOS. The number of rotatable bonds is 7. The lowest BCUT2D eigenvalue weighted by Gasteiger charge is -2.08. The molecule has 4 rings (SSSR count). The van der Waals surface area contributed by atoms with Gasteiger partial charge in [-0.25, -0.2) is 4.39 Å². The molecule has 31 heavy (non-hydrogen) atoms. The van der Waals surface area contributed by atoms with Gasteiger partial charge in [0.25, 0.3) is 0 Å². The molecule has 0 spiro atoms. The third-order valence-corrected chi connectivity index (χ3v) is 6.64. The molecule has 0 radical (unpaired) electrons. The summed E-state index contributed by atoms with van der Waals surface area (Å²) in [6, 6.07) is 23.1. The Morgan fingerprint density at radius 2 is 1.71 bits per heavy atom. The fourth-order valence-electron chi connectivity index (χ4n) is 4.04. The minimum absolute atomic E-state index is 0.211. The van der Waals surface area contributed by atoms with E-state index >= 15 is 0 Å². The van der Waals surface area contributed by atoms with E-state index in [1.165, 1.54) is 22.8 Å². The summed E-state index contributed by atoms with van der Waals surface area (Å²) in [4.78, 5) is 0.813. The first-order valence-electron chi connectivity index (χ1n) is 10.4. The van der Waals surface area contributed by atoms with Gasteiger partial charge in [-0.2, -0.15) is 0 Å². The second-order valence-corrected chi connectivity index (χ2v) is 9.17. The van der Waals surface area contributed by atoms with Crippen molar-refractivity contribution in [1.29, 1.82) is 0 Å². The van der Waals surface area contributed by atoms with Crippen LogP contribution in [-0.4, -0.2) is 17.0 Å². The van der Waals surface area contributed by atoms with Crippen LogP contribution in [-0.2, 0) is 17.3 Å². The van der Waals surface area contributed by atoms with Gasteiger partial charge < -0.3 is 5.32 Å². The van der Waals surface area contributed by atoms with Crippen molar-refractivity contribution in [3.8, 4) is 0 Å². The zero-order valence-corrected chi connectivity index (χ0v) is 18.6. The van der Waals surface area contributed by atoms with Gasteiger partial charge in [-0.3, -0.25) is 4.21 Å². The topological polar surface area (TPSA) is 29.1 Å². The van der Waals surface area contributed by atoms with E-state index in [0.29, 0.717) is 0 Å². The Balaban J connectivity index is 1.57. The molecular weight excluding hydrogens is 405 g/mol. The summed E-state index contributed by atoms with van der Waals surface area (Å²) >= 11 is 0. The van der Waals surface area contributed by atoms with Gasteiger partial charge in [0.05, 0.1) is 0 Å². The molecule has 158 valence electrons. The van der Waals surface area contributed by atoms with Gasteiger partial charge in [-0.05, 0) is 89.2 Å². The van der Waals surface area contributed by atoms with E-state index < -0.39 is 10.8 Å². The van der Waals surface area contributed by atoms with Crippen molar-refractivity contribution < 1.29 is 8.60 Å². The molecule has 0 saturated heterocycles. The number of fused-ring (bicyclic) bond motifs is 1. The van der Waals surface area contributed by atoms with Crippen LogP contribution in [0.25, 0.3) is 17.2 Å². The Bertz CT molecular complexity index is 1160. The predicted octanol–water partition coefficient (Wildman–Crippen LogP) is 6.07. The highest BCUT2D eigenvalue weighted by molar-refractivity contribution is 7.84. The summed E-state index contributed by atoms with van der Waals surface area (Å²) in [5.41, 5.74) is 7.85.